The van der Waals surface area contributed by atoms with Crippen LogP contribution in [0.2, 0.25) is 0 Å². The van der Waals surface area contributed by atoms with Gasteiger partial charge in [-0.2, -0.15) is 0 Å². The van der Waals surface area contributed by atoms with Gasteiger partial charge >= 0.3 is 0 Å². The van der Waals surface area contributed by atoms with Gasteiger partial charge in [0.15, 0.2) is 0 Å². The highest BCUT2D eigenvalue weighted by Gasteiger charge is 2.27. The molecule has 1 aromatic carbocycles. The minimum absolute atomic E-state index is 0.150. The van der Waals surface area contributed by atoms with E-state index in [1.807, 2.05) is 13.1 Å². The molecule has 1 fully saturated rings. The van der Waals surface area contributed by atoms with Gasteiger partial charge < -0.3 is 10.1 Å². The summed E-state index contributed by atoms with van der Waals surface area (Å²) in [6.07, 6.45) is 2.07. The predicted octanol–water partition coefficient (Wildman–Crippen LogP) is 2.83. The minimum atomic E-state index is -0.202. The van der Waals surface area contributed by atoms with Crippen molar-refractivity contribution < 1.29 is 9.13 Å². The number of ether oxygens (including phenoxy) is 1. The van der Waals surface area contributed by atoms with Crippen LogP contribution in [-0.4, -0.2) is 50.3 Å². The van der Waals surface area contributed by atoms with Gasteiger partial charge in [-0.1, -0.05) is 22.9 Å². The van der Waals surface area contributed by atoms with E-state index in [4.69, 9.17) is 4.74 Å². The van der Waals surface area contributed by atoms with E-state index < -0.39 is 0 Å². The second-order valence-electron chi connectivity index (χ2n) is 5.59. The maximum absolute atomic E-state index is 13.5. The van der Waals surface area contributed by atoms with Crippen LogP contribution in [0.4, 0.5) is 4.39 Å². The van der Waals surface area contributed by atoms with Crippen LogP contribution in [0.1, 0.15) is 18.9 Å². The number of benzene rings is 1. The van der Waals surface area contributed by atoms with Gasteiger partial charge in [0.05, 0.1) is 12.7 Å². The van der Waals surface area contributed by atoms with E-state index >= 15 is 0 Å². The van der Waals surface area contributed by atoms with Gasteiger partial charge in [-0.15, -0.1) is 0 Å². The summed E-state index contributed by atoms with van der Waals surface area (Å²) in [5, 5.41) is 3.33. The first-order chi connectivity index (χ1) is 10.1. The highest BCUT2D eigenvalue weighted by atomic mass is 79.9. The molecule has 0 aliphatic carbocycles. The summed E-state index contributed by atoms with van der Waals surface area (Å²) in [5.74, 6) is -0.202. The number of nitrogens with one attached hydrogen (secondary N) is 1. The first kappa shape index (κ1) is 16.9. The van der Waals surface area contributed by atoms with Gasteiger partial charge in [0.1, 0.15) is 5.82 Å². The Morgan fingerprint density at radius 3 is 2.95 bits per heavy atom. The number of hydrogen-bond donors (Lipinski definition) is 1. The van der Waals surface area contributed by atoms with Crippen molar-refractivity contribution in [3.63, 3.8) is 0 Å². The largest absolute Gasteiger partial charge is 0.374 e. The molecular formula is C16H24BrFN2O. The molecule has 1 N–H and O–H groups in total. The van der Waals surface area contributed by atoms with Crippen LogP contribution >= 0.6 is 15.9 Å². The summed E-state index contributed by atoms with van der Waals surface area (Å²) in [4.78, 5) is 2.44. The van der Waals surface area contributed by atoms with Crippen molar-refractivity contribution in [1.82, 2.24) is 10.2 Å². The molecule has 0 amide bonds. The van der Waals surface area contributed by atoms with Crippen molar-refractivity contribution in [1.29, 1.82) is 0 Å². The molecule has 3 nitrogen and oxygen atoms in total. The standard InChI is InChI=1S/C16H24BrFN2O/c1-3-4-20-5-6-21-16(11-20)15(19-2)9-12-7-13(17)10-14(18)8-12/h7-8,10,15-16,19H,3-6,9,11H2,1-2H3. The summed E-state index contributed by atoms with van der Waals surface area (Å²) >= 11 is 3.35. The molecule has 0 bridgehead atoms. The van der Waals surface area contributed by atoms with E-state index in [1.54, 1.807) is 6.07 Å². The average Bonchev–Trinajstić information content (AvgIpc) is 2.44. The molecule has 21 heavy (non-hydrogen) atoms. The summed E-state index contributed by atoms with van der Waals surface area (Å²) in [7, 11) is 1.95. The predicted molar refractivity (Wildman–Crippen MR) is 87.1 cm³/mol. The van der Waals surface area contributed by atoms with Crippen LogP contribution in [0.3, 0.4) is 0 Å². The fourth-order valence-corrected chi connectivity index (χ4v) is 3.41. The van der Waals surface area contributed by atoms with Crippen LogP contribution in [0.5, 0.6) is 0 Å². The Morgan fingerprint density at radius 1 is 1.48 bits per heavy atom. The molecule has 2 atom stereocenters. The summed E-state index contributed by atoms with van der Waals surface area (Å²) < 4.78 is 20.2. The van der Waals surface area contributed by atoms with E-state index in [0.29, 0.717) is 0 Å². The van der Waals surface area contributed by atoms with E-state index in [2.05, 4.69) is 33.1 Å². The Balaban J connectivity index is 2.01. The second kappa shape index (κ2) is 8.22. The topological polar surface area (TPSA) is 24.5 Å². The third kappa shape index (κ3) is 5.02. The van der Waals surface area contributed by atoms with Gasteiger partial charge in [-0.05, 0) is 50.2 Å². The maximum atomic E-state index is 13.5. The van der Waals surface area contributed by atoms with Gasteiger partial charge in [-0.25, -0.2) is 4.39 Å². The normalized spacial score (nSPS) is 21.4. The molecule has 0 radical (unpaired) electrons. The lowest BCUT2D eigenvalue weighted by molar-refractivity contribution is -0.0450. The van der Waals surface area contributed by atoms with Crippen molar-refractivity contribution >= 4 is 15.9 Å². The Labute approximate surface area is 135 Å². The number of halogens is 2. The smallest absolute Gasteiger partial charge is 0.124 e. The molecule has 118 valence electrons. The van der Waals surface area contributed by atoms with Crippen LogP contribution in [0, 0.1) is 5.82 Å². The van der Waals surface area contributed by atoms with Crippen molar-refractivity contribution in [2.24, 2.45) is 0 Å². The molecule has 1 heterocycles. The van der Waals surface area contributed by atoms with Gasteiger partial charge in [0.25, 0.3) is 0 Å². The lowest BCUT2D eigenvalue weighted by Crippen LogP contribution is -2.52. The van der Waals surface area contributed by atoms with Crippen LogP contribution in [0.25, 0.3) is 0 Å². The number of likely N-dealkylation sites (N-methyl/N-ethyl adjacent to an activating group) is 1. The minimum Gasteiger partial charge on any atom is -0.374 e. The maximum Gasteiger partial charge on any atom is 0.124 e. The molecule has 1 aliphatic heterocycles. The molecule has 2 unspecified atom stereocenters. The Hall–Kier alpha value is -0.490. The monoisotopic (exact) mass is 358 g/mol. The number of hydrogen-bond acceptors (Lipinski definition) is 3. The third-order valence-corrected chi connectivity index (χ3v) is 4.37. The lowest BCUT2D eigenvalue weighted by atomic mass is 10.00. The van der Waals surface area contributed by atoms with E-state index in [-0.39, 0.29) is 18.0 Å². The van der Waals surface area contributed by atoms with Crippen molar-refractivity contribution in [3.05, 3.63) is 34.1 Å². The van der Waals surface area contributed by atoms with Gasteiger partial charge in [0.2, 0.25) is 0 Å². The molecule has 0 spiro atoms. The first-order valence-electron chi connectivity index (χ1n) is 7.58. The highest BCUT2D eigenvalue weighted by molar-refractivity contribution is 9.10. The number of rotatable bonds is 6. The summed E-state index contributed by atoms with van der Waals surface area (Å²) in [6, 6.07) is 5.25. The Bertz CT molecular complexity index is 436. The average molecular weight is 359 g/mol. The van der Waals surface area contributed by atoms with Crippen LogP contribution in [0.15, 0.2) is 22.7 Å². The Morgan fingerprint density at radius 2 is 2.29 bits per heavy atom. The van der Waals surface area contributed by atoms with Crippen molar-refractivity contribution in [2.45, 2.75) is 31.9 Å². The molecule has 1 aromatic rings. The van der Waals surface area contributed by atoms with Gasteiger partial charge in [-0.3, -0.25) is 4.90 Å². The SMILES string of the molecule is CCCN1CCOC(C(Cc2cc(F)cc(Br)c2)NC)C1. The van der Waals surface area contributed by atoms with E-state index in [9.17, 15) is 4.39 Å². The molecule has 2 rings (SSSR count). The number of nitrogens with zero attached hydrogens (tertiary/aromatic N) is 1. The Kier molecular flexibility index (Phi) is 6.61. The fraction of sp³-hybridized carbons (Fsp3) is 0.625. The molecule has 1 aliphatic rings. The fourth-order valence-electron chi connectivity index (χ4n) is 2.90. The zero-order valence-corrected chi connectivity index (χ0v) is 14.3. The molecular weight excluding hydrogens is 335 g/mol. The van der Waals surface area contributed by atoms with Crippen molar-refractivity contribution in [2.75, 3.05) is 33.3 Å². The molecule has 0 saturated carbocycles. The summed E-state index contributed by atoms with van der Waals surface area (Å²) in [6.45, 7) is 6.03. The van der Waals surface area contributed by atoms with Gasteiger partial charge in [0, 0.05) is 23.6 Å². The van der Waals surface area contributed by atoms with Crippen LogP contribution in [-0.2, 0) is 11.2 Å². The zero-order chi connectivity index (χ0) is 15.2. The van der Waals surface area contributed by atoms with Crippen LogP contribution < -0.4 is 5.32 Å². The number of morpholine rings is 1. The molecule has 5 heteroatoms. The lowest BCUT2D eigenvalue weighted by Gasteiger charge is -2.37. The molecule has 0 aromatic heterocycles. The zero-order valence-electron chi connectivity index (χ0n) is 12.7. The molecule has 1 saturated heterocycles. The highest BCUT2D eigenvalue weighted by Crippen LogP contribution is 2.18. The van der Waals surface area contributed by atoms with E-state index in [1.165, 1.54) is 6.07 Å². The second-order valence-corrected chi connectivity index (χ2v) is 6.50. The van der Waals surface area contributed by atoms with E-state index in [0.717, 1.165) is 49.1 Å². The summed E-state index contributed by atoms with van der Waals surface area (Å²) in [5.41, 5.74) is 0.984. The van der Waals surface area contributed by atoms with Crippen molar-refractivity contribution in [3.8, 4) is 0 Å². The third-order valence-electron chi connectivity index (χ3n) is 3.91. The first-order valence-corrected chi connectivity index (χ1v) is 8.38. The quantitative estimate of drug-likeness (QED) is 0.846.